The fourth-order valence-corrected chi connectivity index (χ4v) is 3.69. The number of ether oxygens (including phenoxy) is 1. The molecule has 3 rings (SSSR count). The summed E-state index contributed by atoms with van der Waals surface area (Å²) >= 11 is 0. The van der Waals surface area contributed by atoms with Gasteiger partial charge in [-0.15, -0.1) is 0 Å². The lowest BCUT2D eigenvalue weighted by molar-refractivity contribution is -0.127. The van der Waals surface area contributed by atoms with Gasteiger partial charge in [-0.2, -0.15) is 0 Å². The van der Waals surface area contributed by atoms with Crippen LogP contribution < -0.4 is 10.5 Å². The largest absolute Gasteiger partial charge is 0.486 e. The first-order valence-electron chi connectivity index (χ1n) is 11.1. The Kier molecular flexibility index (Phi) is 7.82. The number of Topliss-reactive ketones (excluding diaryl/α,β-unsaturated/α-hetero) is 1. The molecule has 32 heavy (non-hydrogen) atoms. The summed E-state index contributed by atoms with van der Waals surface area (Å²) in [6.45, 7) is 7.18. The normalized spacial score (nSPS) is 12.8. The number of hydrogen-bond donors (Lipinski definition) is 1. The molecule has 0 spiro atoms. The second kappa shape index (κ2) is 10.8. The van der Waals surface area contributed by atoms with Gasteiger partial charge >= 0.3 is 0 Å². The van der Waals surface area contributed by atoms with Crippen LogP contribution in [0.15, 0.2) is 53.0 Å². The summed E-state index contributed by atoms with van der Waals surface area (Å²) in [6.07, 6.45) is 4.10. The van der Waals surface area contributed by atoms with E-state index in [0.717, 1.165) is 48.3 Å². The molecule has 0 saturated carbocycles. The average molecular weight is 434 g/mol. The van der Waals surface area contributed by atoms with Crippen molar-refractivity contribution in [2.24, 2.45) is 10.7 Å². The molecule has 6 nitrogen and oxygen atoms in total. The van der Waals surface area contributed by atoms with Gasteiger partial charge in [0.05, 0.1) is 5.69 Å². The minimum atomic E-state index is -0.0197. The first-order chi connectivity index (χ1) is 15.4. The predicted molar refractivity (Wildman–Crippen MR) is 129 cm³/mol. The third kappa shape index (κ3) is 5.84. The fraction of sp³-hybridized carbons (Fsp3) is 0.346. The number of amides is 1. The van der Waals surface area contributed by atoms with Crippen LogP contribution in [0.1, 0.15) is 45.6 Å². The van der Waals surface area contributed by atoms with Crippen molar-refractivity contribution < 1.29 is 14.3 Å². The average Bonchev–Trinajstić information content (AvgIpc) is 2.94. The van der Waals surface area contributed by atoms with Crippen LogP contribution in [-0.4, -0.2) is 42.1 Å². The number of nitrogens with zero attached hydrogens (tertiary/aromatic N) is 2. The maximum atomic E-state index is 13.1. The zero-order valence-electron chi connectivity index (χ0n) is 19.1. The van der Waals surface area contributed by atoms with E-state index >= 15 is 0 Å². The van der Waals surface area contributed by atoms with Gasteiger partial charge in [0.25, 0.3) is 0 Å². The highest BCUT2D eigenvalue weighted by atomic mass is 16.5. The van der Waals surface area contributed by atoms with Gasteiger partial charge in [-0.25, -0.2) is 4.99 Å². The number of ketones is 1. The molecule has 0 fully saturated rings. The lowest BCUT2D eigenvalue weighted by Crippen LogP contribution is -2.34. The summed E-state index contributed by atoms with van der Waals surface area (Å²) in [6, 6.07) is 13.5. The number of aliphatic imine (C=N–C) groups is 1. The maximum absolute atomic E-state index is 13.1. The minimum Gasteiger partial charge on any atom is -0.486 e. The molecular weight excluding hydrogens is 402 g/mol. The van der Waals surface area contributed by atoms with E-state index in [-0.39, 0.29) is 18.3 Å². The minimum absolute atomic E-state index is 0.0197. The molecule has 1 heterocycles. The van der Waals surface area contributed by atoms with Crippen molar-refractivity contribution in [3.8, 4) is 16.9 Å². The second-order valence-corrected chi connectivity index (χ2v) is 8.03. The van der Waals surface area contributed by atoms with Crippen molar-refractivity contribution in [3.05, 3.63) is 53.6 Å². The number of carbonyl (C=O) groups is 2. The van der Waals surface area contributed by atoms with Crippen molar-refractivity contribution in [2.45, 2.75) is 40.0 Å². The lowest BCUT2D eigenvalue weighted by atomic mass is 10.0. The third-order valence-corrected chi connectivity index (χ3v) is 5.17. The van der Waals surface area contributed by atoms with Crippen molar-refractivity contribution in [2.75, 3.05) is 19.7 Å². The van der Waals surface area contributed by atoms with Gasteiger partial charge in [0, 0.05) is 30.6 Å². The van der Waals surface area contributed by atoms with Crippen LogP contribution in [0.3, 0.4) is 0 Å². The molecule has 0 unspecified atom stereocenters. The summed E-state index contributed by atoms with van der Waals surface area (Å²) in [5.74, 6) is 1.09. The molecule has 2 aromatic rings. The molecule has 1 aliphatic heterocycles. The van der Waals surface area contributed by atoms with Gasteiger partial charge in [-0.1, -0.05) is 38.1 Å². The molecule has 0 radical (unpaired) electrons. The van der Waals surface area contributed by atoms with E-state index in [0.29, 0.717) is 23.6 Å². The molecule has 0 aromatic heterocycles. The molecule has 1 amide bonds. The Morgan fingerprint density at radius 3 is 2.31 bits per heavy atom. The topological polar surface area (TPSA) is 85.0 Å². The zero-order chi connectivity index (χ0) is 23.1. The van der Waals surface area contributed by atoms with Crippen LogP contribution in [0, 0.1) is 0 Å². The number of fused-ring (bicyclic) bond motifs is 1. The maximum Gasteiger partial charge on any atom is 0.250 e. The van der Waals surface area contributed by atoms with Crippen molar-refractivity contribution in [1.82, 2.24) is 4.90 Å². The SMILES string of the molecule is CCCN(CCC)C(=O)C1=Cc2ccc(-c3ccc(OCC(C)=O)cc3)cc2N=C(N)C1. The van der Waals surface area contributed by atoms with E-state index in [1.165, 1.54) is 6.92 Å². The van der Waals surface area contributed by atoms with Gasteiger partial charge in [0.1, 0.15) is 18.2 Å². The van der Waals surface area contributed by atoms with Gasteiger partial charge in [0.2, 0.25) is 5.91 Å². The second-order valence-electron chi connectivity index (χ2n) is 8.03. The van der Waals surface area contributed by atoms with Crippen LogP contribution in [-0.2, 0) is 9.59 Å². The third-order valence-electron chi connectivity index (χ3n) is 5.17. The number of carbonyl (C=O) groups excluding carboxylic acids is 2. The Hall–Kier alpha value is -3.41. The van der Waals surface area contributed by atoms with Crippen LogP contribution in [0.5, 0.6) is 5.75 Å². The molecule has 2 aromatic carbocycles. The quantitative estimate of drug-likeness (QED) is 0.619. The van der Waals surface area contributed by atoms with E-state index in [2.05, 4.69) is 18.8 Å². The van der Waals surface area contributed by atoms with Crippen LogP contribution >= 0.6 is 0 Å². The molecule has 0 saturated heterocycles. The van der Waals surface area contributed by atoms with Crippen molar-refractivity contribution >= 4 is 29.3 Å². The fourth-order valence-electron chi connectivity index (χ4n) is 3.69. The number of rotatable bonds is 9. The van der Waals surface area contributed by atoms with Crippen molar-refractivity contribution in [1.29, 1.82) is 0 Å². The number of amidine groups is 1. The number of nitrogens with two attached hydrogens (primary N) is 1. The zero-order valence-corrected chi connectivity index (χ0v) is 19.1. The smallest absolute Gasteiger partial charge is 0.250 e. The number of hydrogen-bond acceptors (Lipinski definition) is 5. The van der Waals surface area contributed by atoms with Gasteiger partial charge in [-0.3, -0.25) is 9.59 Å². The number of benzene rings is 2. The highest BCUT2D eigenvalue weighted by molar-refractivity contribution is 6.05. The van der Waals surface area contributed by atoms with Crippen LogP contribution in [0.4, 0.5) is 5.69 Å². The Balaban J connectivity index is 1.87. The first-order valence-corrected chi connectivity index (χ1v) is 11.1. The molecule has 168 valence electrons. The lowest BCUT2D eigenvalue weighted by Gasteiger charge is -2.22. The Morgan fingerprint density at radius 2 is 1.69 bits per heavy atom. The Labute approximate surface area is 189 Å². The summed E-state index contributed by atoms with van der Waals surface area (Å²) in [5.41, 5.74) is 10.5. The predicted octanol–water partition coefficient (Wildman–Crippen LogP) is 4.75. The summed E-state index contributed by atoms with van der Waals surface area (Å²) in [4.78, 5) is 30.7. The highest BCUT2D eigenvalue weighted by Crippen LogP contribution is 2.32. The summed E-state index contributed by atoms with van der Waals surface area (Å²) < 4.78 is 5.44. The Morgan fingerprint density at radius 1 is 1.03 bits per heavy atom. The van der Waals surface area contributed by atoms with E-state index < -0.39 is 0 Å². The molecule has 0 bridgehead atoms. The highest BCUT2D eigenvalue weighted by Gasteiger charge is 2.21. The van der Waals surface area contributed by atoms with E-state index in [1.54, 1.807) is 0 Å². The van der Waals surface area contributed by atoms with Crippen molar-refractivity contribution in [3.63, 3.8) is 0 Å². The molecular formula is C26H31N3O3. The molecule has 6 heteroatoms. The summed E-state index contributed by atoms with van der Waals surface area (Å²) in [7, 11) is 0. The molecule has 0 aliphatic carbocycles. The van der Waals surface area contributed by atoms with Gasteiger partial charge in [0.15, 0.2) is 5.78 Å². The molecule has 1 aliphatic rings. The van der Waals surface area contributed by atoms with Crippen LogP contribution in [0.2, 0.25) is 0 Å². The molecule has 0 atom stereocenters. The molecule has 2 N–H and O–H groups in total. The monoisotopic (exact) mass is 433 g/mol. The summed E-state index contributed by atoms with van der Waals surface area (Å²) in [5, 5.41) is 0. The van der Waals surface area contributed by atoms with Gasteiger partial charge < -0.3 is 15.4 Å². The van der Waals surface area contributed by atoms with Crippen LogP contribution in [0.25, 0.3) is 17.2 Å². The first kappa shape index (κ1) is 23.3. The van der Waals surface area contributed by atoms with E-state index in [9.17, 15) is 9.59 Å². The van der Waals surface area contributed by atoms with E-state index in [1.807, 2.05) is 53.4 Å². The standard InChI is InChI=1S/C26H31N3O3/c1-4-12-29(13-5-2)26(31)22-14-21-7-6-20(15-24(21)28-25(27)16-22)19-8-10-23(11-9-19)32-17-18(3)30/h6-11,14-15H,4-5,12-13,16-17H2,1-3H3,(H2,27,28). The Bertz CT molecular complexity index is 1030. The van der Waals surface area contributed by atoms with Gasteiger partial charge in [-0.05, 0) is 55.2 Å². The van der Waals surface area contributed by atoms with E-state index in [4.69, 9.17) is 10.5 Å².